The smallest absolute Gasteiger partial charge is 0.307 e. The lowest BCUT2D eigenvalue weighted by Crippen LogP contribution is -1.99. The third kappa shape index (κ3) is 1.90. The molecule has 0 bridgehead atoms. The van der Waals surface area contributed by atoms with Crippen molar-refractivity contribution in [2.24, 2.45) is 5.92 Å². The Morgan fingerprint density at radius 1 is 1.56 bits per heavy atom. The fraction of sp³-hybridized carbons (Fsp3) is 0.462. The van der Waals surface area contributed by atoms with Crippen LogP contribution in [0.15, 0.2) is 18.2 Å². The normalized spacial score (nSPS) is 22.9. The number of rotatable bonds is 4. The van der Waals surface area contributed by atoms with Gasteiger partial charge in [0, 0.05) is 0 Å². The van der Waals surface area contributed by atoms with Crippen LogP contribution in [0.5, 0.6) is 5.75 Å². The number of carboxylic acids is 1. The molecule has 0 spiro atoms. The van der Waals surface area contributed by atoms with E-state index in [4.69, 9.17) is 9.84 Å². The topological polar surface area (TPSA) is 46.5 Å². The Bertz CT molecular complexity index is 412. The molecule has 1 aromatic carbocycles. The minimum absolute atomic E-state index is 0.182. The van der Waals surface area contributed by atoms with Crippen LogP contribution >= 0.6 is 0 Å². The molecule has 1 aromatic rings. The van der Waals surface area contributed by atoms with Gasteiger partial charge in [-0.05, 0) is 36.0 Å². The third-order valence-electron chi connectivity index (χ3n) is 3.22. The zero-order valence-electron chi connectivity index (χ0n) is 9.56. The molecule has 0 heterocycles. The number of benzene rings is 1. The maximum atomic E-state index is 10.8. The van der Waals surface area contributed by atoms with Crippen LogP contribution in [0, 0.1) is 5.92 Å². The Balaban J connectivity index is 2.21. The van der Waals surface area contributed by atoms with Crippen LogP contribution in [0.3, 0.4) is 0 Å². The molecule has 16 heavy (non-hydrogen) atoms. The molecule has 0 amide bonds. The minimum Gasteiger partial charge on any atom is -0.496 e. The Morgan fingerprint density at radius 2 is 2.31 bits per heavy atom. The van der Waals surface area contributed by atoms with E-state index in [1.165, 1.54) is 0 Å². The SMILES string of the molecule is CCc1cc(C2CC2C(=O)O)ccc1OC. The predicted octanol–water partition coefficient (Wildman–Crippen LogP) is 2.45. The Labute approximate surface area is 95.0 Å². The van der Waals surface area contributed by atoms with Crippen molar-refractivity contribution in [2.75, 3.05) is 7.11 Å². The average molecular weight is 220 g/mol. The van der Waals surface area contributed by atoms with Gasteiger partial charge in [-0.2, -0.15) is 0 Å². The lowest BCUT2D eigenvalue weighted by Gasteiger charge is -2.08. The Morgan fingerprint density at radius 3 is 2.81 bits per heavy atom. The molecule has 1 aliphatic rings. The molecule has 2 unspecified atom stereocenters. The van der Waals surface area contributed by atoms with E-state index in [9.17, 15) is 4.79 Å². The third-order valence-corrected chi connectivity index (χ3v) is 3.22. The number of hydrogen-bond acceptors (Lipinski definition) is 2. The molecule has 0 aromatic heterocycles. The molecule has 0 saturated heterocycles. The predicted molar refractivity (Wildman–Crippen MR) is 60.9 cm³/mol. The van der Waals surface area contributed by atoms with Gasteiger partial charge in [-0.15, -0.1) is 0 Å². The summed E-state index contributed by atoms with van der Waals surface area (Å²) >= 11 is 0. The number of aliphatic carboxylic acids is 1. The first-order chi connectivity index (χ1) is 7.67. The number of aryl methyl sites for hydroxylation is 1. The molecule has 1 fully saturated rings. The van der Waals surface area contributed by atoms with Crippen LogP contribution in [0.1, 0.15) is 30.4 Å². The fourth-order valence-electron chi connectivity index (χ4n) is 2.14. The van der Waals surface area contributed by atoms with Crippen LogP contribution in [0.4, 0.5) is 0 Å². The largest absolute Gasteiger partial charge is 0.496 e. The number of carbonyl (C=O) groups is 1. The molecule has 2 rings (SSSR count). The van der Waals surface area contributed by atoms with Gasteiger partial charge in [-0.3, -0.25) is 4.79 Å². The van der Waals surface area contributed by atoms with E-state index in [-0.39, 0.29) is 11.8 Å². The van der Waals surface area contributed by atoms with Crippen molar-refractivity contribution >= 4 is 5.97 Å². The second-order valence-electron chi connectivity index (χ2n) is 4.21. The van der Waals surface area contributed by atoms with Crippen LogP contribution in [0.25, 0.3) is 0 Å². The van der Waals surface area contributed by atoms with Crippen LogP contribution in [-0.2, 0) is 11.2 Å². The monoisotopic (exact) mass is 220 g/mol. The van der Waals surface area contributed by atoms with E-state index in [1.54, 1.807) is 7.11 Å². The van der Waals surface area contributed by atoms with Gasteiger partial charge < -0.3 is 9.84 Å². The fourth-order valence-corrected chi connectivity index (χ4v) is 2.14. The van der Waals surface area contributed by atoms with Gasteiger partial charge in [0.15, 0.2) is 0 Å². The van der Waals surface area contributed by atoms with Crippen molar-refractivity contribution in [3.05, 3.63) is 29.3 Å². The van der Waals surface area contributed by atoms with Crippen molar-refractivity contribution in [1.82, 2.24) is 0 Å². The molecule has 1 aliphatic carbocycles. The molecule has 3 nitrogen and oxygen atoms in total. The van der Waals surface area contributed by atoms with E-state index in [1.807, 2.05) is 12.1 Å². The van der Waals surface area contributed by atoms with Gasteiger partial charge in [0.05, 0.1) is 13.0 Å². The van der Waals surface area contributed by atoms with Crippen molar-refractivity contribution in [2.45, 2.75) is 25.7 Å². The Hall–Kier alpha value is -1.51. The van der Waals surface area contributed by atoms with Gasteiger partial charge >= 0.3 is 5.97 Å². The summed E-state index contributed by atoms with van der Waals surface area (Å²) in [5.41, 5.74) is 2.28. The van der Waals surface area contributed by atoms with E-state index in [0.29, 0.717) is 0 Å². The lowest BCUT2D eigenvalue weighted by atomic mass is 10.0. The standard InChI is InChI=1S/C13H16O3/c1-3-8-6-9(4-5-12(8)16-2)10-7-11(10)13(14)15/h4-6,10-11H,3,7H2,1-2H3,(H,14,15). The van der Waals surface area contributed by atoms with E-state index < -0.39 is 5.97 Å². The summed E-state index contributed by atoms with van der Waals surface area (Å²) in [6.07, 6.45) is 1.67. The van der Waals surface area contributed by atoms with Gasteiger partial charge in [-0.1, -0.05) is 19.1 Å². The first-order valence-corrected chi connectivity index (χ1v) is 5.57. The summed E-state index contributed by atoms with van der Waals surface area (Å²) in [5, 5.41) is 8.89. The van der Waals surface area contributed by atoms with Crippen molar-refractivity contribution < 1.29 is 14.6 Å². The second-order valence-corrected chi connectivity index (χ2v) is 4.21. The minimum atomic E-state index is -0.682. The van der Waals surface area contributed by atoms with Gasteiger partial charge in [0.25, 0.3) is 0 Å². The summed E-state index contributed by atoms with van der Waals surface area (Å²) < 4.78 is 5.25. The molecule has 1 N–H and O–H groups in total. The number of ether oxygens (including phenoxy) is 1. The molecular weight excluding hydrogens is 204 g/mol. The van der Waals surface area contributed by atoms with Gasteiger partial charge in [-0.25, -0.2) is 0 Å². The number of hydrogen-bond donors (Lipinski definition) is 1. The van der Waals surface area contributed by atoms with Crippen molar-refractivity contribution in [3.8, 4) is 5.75 Å². The molecule has 0 aliphatic heterocycles. The van der Waals surface area contributed by atoms with E-state index in [2.05, 4.69) is 13.0 Å². The first kappa shape index (κ1) is 11.0. The summed E-state index contributed by atoms with van der Waals surface area (Å²) in [5.74, 6) is 0.226. The molecule has 3 heteroatoms. The van der Waals surface area contributed by atoms with Crippen molar-refractivity contribution in [3.63, 3.8) is 0 Å². The van der Waals surface area contributed by atoms with Gasteiger partial charge in [0.2, 0.25) is 0 Å². The highest BCUT2D eigenvalue weighted by atomic mass is 16.5. The second kappa shape index (κ2) is 4.16. The summed E-state index contributed by atoms with van der Waals surface area (Å²) in [4.78, 5) is 10.8. The average Bonchev–Trinajstić information content (AvgIpc) is 3.08. The lowest BCUT2D eigenvalue weighted by molar-refractivity contribution is -0.138. The van der Waals surface area contributed by atoms with E-state index >= 15 is 0 Å². The maximum absolute atomic E-state index is 10.8. The molecular formula is C13H16O3. The van der Waals surface area contributed by atoms with Crippen molar-refractivity contribution in [1.29, 1.82) is 0 Å². The molecule has 86 valence electrons. The number of carboxylic acid groups (broad SMARTS) is 1. The number of methoxy groups -OCH3 is 1. The summed E-state index contributed by atoms with van der Waals surface area (Å²) in [6, 6.07) is 5.99. The summed E-state index contributed by atoms with van der Waals surface area (Å²) in [6.45, 7) is 2.07. The Kier molecular flexibility index (Phi) is 2.86. The zero-order valence-corrected chi connectivity index (χ0v) is 9.56. The molecule has 0 radical (unpaired) electrons. The zero-order chi connectivity index (χ0) is 11.7. The molecule has 1 saturated carbocycles. The van der Waals surface area contributed by atoms with E-state index in [0.717, 1.165) is 29.7 Å². The quantitative estimate of drug-likeness (QED) is 0.847. The highest BCUT2D eigenvalue weighted by Crippen LogP contribution is 2.48. The first-order valence-electron chi connectivity index (χ1n) is 5.57. The summed E-state index contributed by atoms with van der Waals surface area (Å²) in [7, 11) is 1.66. The maximum Gasteiger partial charge on any atom is 0.307 e. The highest BCUT2D eigenvalue weighted by molar-refractivity contribution is 5.75. The highest BCUT2D eigenvalue weighted by Gasteiger charge is 2.44. The molecule has 2 atom stereocenters. The van der Waals surface area contributed by atoms with Crippen LogP contribution in [-0.4, -0.2) is 18.2 Å². The van der Waals surface area contributed by atoms with Crippen LogP contribution < -0.4 is 4.74 Å². The van der Waals surface area contributed by atoms with Crippen LogP contribution in [0.2, 0.25) is 0 Å². The van der Waals surface area contributed by atoms with Gasteiger partial charge in [0.1, 0.15) is 5.75 Å².